The SMILES string of the molecule is CCOc1ccccc1NC(=S)N1CCN(C2C3CC4CC(C3)CC2C4)CC1. The number of hydrogen-bond donors (Lipinski definition) is 1. The molecular formula is C23H33N3OS. The second-order valence-electron chi connectivity index (χ2n) is 9.30. The van der Waals surface area contributed by atoms with Crippen molar-refractivity contribution >= 4 is 23.0 Å². The number of nitrogens with zero attached hydrogens (tertiary/aromatic N) is 2. The highest BCUT2D eigenvalue weighted by molar-refractivity contribution is 7.80. The van der Waals surface area contributed by atoms with Crippen LogP contribution in [0.4, 0.5) is 5.69 Å². The highest BCUT2D eigenvalue weighted by atomic mass is 32.1. The van der Waals surface area contributed by atoms with Crippen molar-refractivity contribution in [2.24, 2.45) is 23.7 Å². The Morgan fingerprint density at radius 3 is 2.29 bits per heavy atom. The Kier molecular flexibility index (Phi) is 5.22. The van der Waals surface area contributed by atoms with E-state index >= 15 is 0 Å². The van der Waals surface area contributed by atoms with Crippen LogP contribution in [0.1, 0.15) is 39.0 Å². The second kappa shape index (κ2) is 7.83. The molecule has 0 radical (unpaired) electrons. The van der Waals surface area contributed by atoms with Gasteiger partial charge in [-0.2, -0.15) is 0 Å². The first-order valence-corrected chi connectivity index (χ1v) is 11.6. The lowest BCUT2D eigenvalue weighted by molar-refractivity contribution is -0.0726. The van der Waals surface area contributed by atoms with Crippen LogP contribution in [0.25, 0.3) is 0 Å². The third-order valence-corrected chi connectivity index (χ3v) is 7.99. The van der Waals surface area contributed by atoms with Crippen molar-refractivity contribution < 1.29 is 4.74 Å². The predicted octanol–water partition coefficient (Wildman–Crippen LogP) is 4.22. The van der Waals surface area contributed by atoms with E-state index < -0.39 is 0 Å². The Balaban J connectivity index is 1.18. The predicted molar refractivity (Wildman–Crippen MR) is 118 cm³/mol. The molecule has 6 rings (SSSR count). The number of ether oxygens (including phenoxy) is 1. The maximum Gasteiger partial charge on any atom is 0.173 e. The van der Waals surface area contributed by atoms with Crippen LogP contribution < -0.4 is 10.1 Å². The smallest absolute Gasteiger partial charge is 0.173 e. The molecule has 5 aliphatic rings. The van der Waals surface area contributed by atoms with E-state index in [2.05, 4.69) is 15.1 Å². The molecule has 0 amide bonds. The van der Waals surface area contributed by atoms with Crippen LogP contribution in [0.15, 0.2) is 24.3 Å². The van der Waals surface area contributed by atoms with Crippen molar-refractivity contribution in [3.05, 3.63) is 24.3 Å². The molecule has 4 nitrogen and oxygen atoms in total. The van der Waals surface area contributed by atoms with Gasteiger partial charge in [-0.15, -0.1) is 0 Å². The zero-order chi connectivity index (χ0) is 19.1. The highest BCUT2D eigenvalue weighted by Crippen LogP contribution is 2.55. The van der Waals surface area contributed by atoms with Gasteiger partial charge in [0.25, 0.3) is 0 Å². The Labute approximate surface area is 174 Å². The quantitative estimate of drug-likeness (QED) is 0.765. The third kappa shape index (κ3) is 3.52. The lowest BCUT2D eigenvalue weighted by Gasteiger charge is -2.58. The van der Waals surface area contributed by atoms with Crippen molar-refractivity contribution in [1.82, 2.24) is 9.80 Å². The molecule has 4 saturated carbocycles. The molecule has 1 heterocycles. The van der Waals surface area contributed by atoms with Crippen LogP contribution in [-0.2, 0) is 0 Å². The van der Waals surface area contributed by atoms with Crippen LogP contribution in [0.2, 0.25) is 0 Å². The van der Waals surface area contributed by atoms with Gasteiger partial charge in [0.05, 0.1) is 12.3 Å². The summed E-state index contributed by atoms with van der Waals surface area (Å²) in [7, 11) is 0. The average Bonchev–Trinajstić information content (AvgIpc) is 2.69. The molecule has 1 N–H and O–H groups in total. The van der Waals surface area contributed by atoms with Gasteiger partial charge in [0.2, 0.25) is 0 Å². The number of thiocarbonyl (C=S) groups is 1. The Morgan fingerprint density at radius 2 is 1.64 bits per heavy atom. The highest BCUT2D eigenvalue weighted by Gasteiger charge is 2.50. The van der Waals surface area contributed by atoms with Crippen LogP contribution in [0.5, 0.6) is 5.75 Å². The maximum absolute atomic E-state index is 5.74. The van der Waals surface area contributed by atoms with Gasteiger partial charge in [-0.05, 0) is 87.1 Å². The van der Waals surface area contributed by atoms with Crippen LogP contribution in [0, 0.1) is 23.7 Å². The maximum atomic E-state index is 5.74. The van der Waals surface area contributed by atoms with Gasteiger partial charge >= 0.3 is 0 Å². The standard InChI is InChI=1S/C23H33N3OS/c1-2-27-21-6-4-3-5-20(21)24-23(28)26-9-7-25(8-10-26)22-18-12-16-11-17(14-18)15-19(22)13-16/h3-6,16-19,22H,2,7-15H2,1H3,(H,24,28). The first-order chi connectivity index (χ1) is 13.7. The molecule has 0 unspecified atom stereocenters. The summed E-state index contributed by atoms with van der Waals surface area (Å²) in [6.07, 6.45) is 7.56. The molecule has 1 aliphatic heterocycles. The average molecular weight is 400 g/mol. The minimum absolute atomic E-state index is 0.662. The van der Waals surface area contributed by atoms with Crippen molar-refractivity contribution in [3.63, 3.8) is 0 Å². The molecule has 0 atom stereocenters. The molecule has 1 aromatic carbocycles. The largest absolute Gasteiger partial charge is 0.492 e. The Hall–Kier alpha value is -1.33. The minimum Gasteiger partial charge on any atom is -0.492 e. The molecule has 152 valence electrons. The summed E-state index contributed by atoms with van der Waals surface area (Å²) in [4.78, 5) is 5.16. The van der Waals surface area contributed by atoms with Crippen LogP contribution in [-0.4, -0.2) is 53.7 Å². The van der Waals surface area contributed by atoms with Crippen LogP contribution >= 0.6 is 12.2 Å². The van der Waals surface area contributed by atoms with E-state index in [1.807, 2.05) is 31.2 Å². The van der Waals surface area contributed by atoms with Crippen molar-refractivity contribution in [2.75, 3.05) is 38.1 Å². The number of piperazine rings is 1. The molecule has 4 aliphatic carbocycles. The van der Waals surface area contributed by atoms with Crippen molar-refractivity contribution in [2.45, 2.75) is 45.1 Å². The molecule has 28 heavy (non-hydrogen) atoms. The Morgan fingerprint density at radius 1 is 1.00 bits per heavy atom. The molecular weight excluding hydrogens is 366 g/mol. The van der Waals surface area contributed by atoms with E-state index in [9.17, 15) is 0 Å². The zero-order valence-electron chi connectivity index (χ0n) is 17.0. The van der Waals surface area contributed by atoms with Gasteiger partial charge in [0.1, 0.15) is 5.75 Å². The van der Waals surface area contributed by atoms with Gasteiger partial charge in [-0.1, -0.05) is 12.1 Å². The Bertz CT molecular complexity index is 688. The fourth-order valence-corrected chi connectivity index (χ4v) is 7.05. The summed E-state index contributed by atoms with van der Waals surface area (Å²) < 4.78 is 5.73. The summed E-state index contributed by atoms with van der Waals surface area (Å²) in [5.41, 5.74) is 0.970. The van der Waals surface area contributed by atoms with E-state index in [1.54, 1.807) is 0 Å². The topological polar surface area (TPSA) is 27.7 Å². The van der Waals surface area contributed by atoms with Gasteiger partial charge in [0.15, 0.2) is 5.11 Å². The fourth-order valence-electron chi connectivity index (χ4n) is 6.76. The first-order valence-electron chi connectivity index (χ1n) is 11.2. The third-order valence-electron chi connectivity index (χ3n) is 7.63. The normalized spacial score (nSPS) is 34.5. The number of anilines is 1. The lowest BCUT2D eigenvalue weighted by atomic mass is 9.54. The van der Waals surface area contributed by atoms with Gasteiger partial charge < -0.3 is 15.0 Å². The van der Waals surface area contributed by atoms with Gasteiger partial charge in [0, 0.05) is 32.2 Å². The van der Waals surface area contributed by atoms with E-state index in [-0.39, 0.29) is 0 Å². The molecule has 0 aromatic heterocycles. The van der Waals surface area contributed by atoms with E-state index in [0.717, 1.165) is 72.4 Å². The van der Waals surface area contributed by atoms with E-state index in [1.165, 1.54) is 32.1 Å². The summed E-state index contributed by atoms with van der Waals surface area (Å²) >= 11 is 5.74. The van der Waals surface area contributed by atoms with Crippen LogP contribution in [0.3, 0.4) is 0 Å². The lowest BCUT2D eigenvalue weighted by Crippen LogP contribution is -2.60. The number of nitrogens with one attached hydrogen (secondary N) is 1. The number of hydrogen-bond acceptors (Lipinski definition) is 3. The molecule has 4 bridgehead atoms. The number of para-hydroxylation sites is 2. The molecule has 5 fully saturated rings. The number of benzene rings is 1. The monoisotopic (exact) mass is 399 g/mol. The van der Waals surface area contributed by atoms with Crippen molar-refractivity contribution in [1.29, 1.82) is 0 Å². The first kappa shape index (κ1) is 18.7. The van der Waals surface area contributed by atoms with E-state index in [0.29, 0.717) is 6.61 Å². The molecule has 1 aromatic rings. The summed E-state index contributed by atoms with van der Waals surface area (Å²) in [5.74, 6) is 4.95. The summed E-state index contributed by atoms with van der Waals surface area (Å²) in [6.45, 7) is 7.05. The molecule has 0 spiro atoms. The minimum atomic E-state index is 0.662. The summed E-state index contributed by atoms with van der Waals surface area (Å²) in [5, 5.41) is 4.26. The zero-order valence-corrected chi connectivity index (χ0v) is 17.8. The molecule has 5 heteroatoms. The number of rotatable bonds is 4. The fraction of sp³-hybridized carbons (Fsp3) is 0.696. The molecule has 1 saturated heterocycles. The second-order valence-corrected chi connectivity index (χ2v) is 9.69. The van der Waals surface area contributed by atoms with Crippen molar-refractivity contribution in [3.8, 4) is 5.75 Å². The van der Waals surface area contributed by atoms with Gasteiger partial charge in [-0.25, -0.2) is 0 Å². The van der Waals surface area contributed by atoms with E-state index in [4.69, 9.17) is 17.0 Å². The summed E-state index contributed by atoms with van der Waals surface area (Å²) in [6, 6.07) is 8.93. The van der Waals surface area contributed by atoms with Gasteiger partial charge in [-0.3, -0.25) is 4.90 Å².